The van der Waals surface area contributed by atoms with Crippen LogP contribution >= 0.6 is 11.3 Å². The number of halogens is 2. The molecule has 2 aromatic rings. The highest BCUT2D eigenvalue weighted by Gasteiger charge is 2.22. The van der Waals surface area contributed by atoms with Gasteiger partial charge in [0.25, 0.3) is 10.0 Å². The Balaban J connectivity index is 2.40. The highest BCUT2D eigenvalue weighted by Crippen LogP contribution is 2.28. The Hall–Kier alpha value is -1.51. The van der Waals surface area contributed by atoms with Crippen LogP contribution in [0.1, 0.15) is 10.4 Å². The van der Waals surface area contributed by atoms with Crippen LogP contribution in [0.15, 0.2) is 28.5 Å². The lowest BCUT2D eigenvalue weighted by Crippen LogP contribution is -2.16. The molecule has 1 heterocycles. The standard InChI is InChI=1S/C12H12F2N2O2S2/c1-7-6-19-11(5-15)12(7)20(17,18)16-8-2-3-9(13)10(14)4-8/h2-4,6,16H,5,15H2,1H3. The number of aryl methyl sites for hydroxylation is 1. The van der Waals surface area contributed by atoms with Crippen molar-refractivity contribution >= 4 is 27.0 Å². The second kappa shape index (κ2) is 5.47. The summed E-state index contributed by atoms with van der Waals surface area (Å²) in [5.41, 5.74) is 6.02. The van der Waals surface area contributed by atoms with Gasteiger partial charge >= 0.3 is 0 Å². The third-order valence-corrected chi connectivity index (χ3v) is 5.48. The SMILES string of the molecule is Cc1csc(CN)c1S(=O)(=O)Nc1ccc(F)c(F)c1. The molecule has 0 spiro atoms. The van der Waals surface area contributed by atoms with Crippen molar-refractivity contribution in [3.63, 3.8) is 0 Å². The van der Waals surface area contributed by atoms with Crippen LogP contribution in [0, 0.1) is 18.6 Å². The molecule has 0 aliphatic rings. The van der Waals surface area contributed by atoms with Crippen molar-refractivity contribution in [3.8, 4) is 0 Å². The van der Waals surface area contributed by atoms with Crippen LogP contribution in [-0.4, -0.2) is 8.42 Å². The number of sulfonamides is 1. The first-order valence-electron chi connectivity index (χ1n) is 5.60. The Kier molecular flexibility index (Phi) is 4.07. The summed E-state index contributed by atoms with van der Waals surface area (Å²) in [6.45, 7) is 1.74. The molecule has 4 nitrogen and oxygen atoms in total. The Morgan fingerprint density at radius 2 is 2.00 bits per heavy atom. The average molecular weight is 318 g/mol. The zero-order chi connectivity index (χ0) is 14.9. The molecule has 20 heavy (non-hydrogen) atoms. The number of nitrogens with two attached hydrogens (primary N) is 1. The molecule has 0 amide bonds. The molecule has 1 aromatic heterocycles. The Bertz CT molecular complexity index is 742. The van der Waals surface area contributed by atoms with E-state index < -0.39 is 21.7 Å². The molecule has 0 saturated carbocycles. The molecule has 0 saturated heterocycles. The van der Waals surface area contributed by atoms with E-state index in [1.807, 2.05) is 0 Å². The number of hydrogen-bond donors (Lipinski definition) is 2. The molecule has 8 heteroatoms. The van der Waals surface area contributed by atoms with Gasteiger partial charge in [0.05, 0.1) is 5.69 Å². The molecule has 0 aliphatic heterocycles. The summed E-state index contributed by atoms with van der Waals surface area (Å²) >= 11 is 1.24. The number of rotatable bonds is 4. The van der Waals surface area contributed by atoms with E-state index >= 15 is 0 Å². The number of nitrogens with one attached hydrogen (secondary N) is 1. The summed E-state index contributed by atoms with van der Waals surface area (Å²) in [6.07, 6.45) is 0. The van der Waals surface area contributed by atoms with E-state index in [0.29, 0.717) is 10.4 Å². The van der Waals surface area contributed by atoms with Gasteiger partial charge in [0.15, 0.2) is 11.6 Å². The van der Waals surface area contributed by atoms with Gasteiger partial charge in [-0.2, -0.15) is 0 Å². The fraction of sp³-hybridized carbons (Fsp3) is 0.167. The van der Waals surface area contributed by atoms with Gasteiger partial charge in [-0.15, -0.1) is 11.3 Å². The van der Waals surface area contributed by atoms with Crippen LogP contribution in [0.4, 0.5) is 14.5 Å². The second-order valence-corrected chi connectivity index (χ2v) is 6.69. The van der Waals surface area contributed by atoms with Gasteiger partial charge in [0.2, 0.25) is 0 Å². The maximum atomic E-state index is 13.1. The van der Waals surface area contributed by atoms with Crippen LogP contribution in [-0.2, 0) is 16.6 Å². The van der Waals surface area contributed by atoms with Crippen molar-refractivity contribution in [2.45, 2.75) is 18.4 Å². The smallest absolute Gasteiger partial charge is 0.263 e. The summed E-state index contributed by atoms with van der Waals surface area (Å²) in [4.78, 5) is 0.604. The van der Waals surface area contributed by atoms with Crippen LogP contribution in [0.25, 0.3) is 0 Å². The van der Waals surface area contributed by atoms with E-state index in [4.69, 9.17) is 5.73 Å². The molecule has 2 rings (SSSR count). The van der Waals surface area contributed by atoms with E-state index in [-0.39, 0.29) is 17.1 Å². The molecule has 0 radical (unpaired) electrons. The van der Waals surface area contributed by atoms with Crippen molar-refractivity contribution in [3.05, 3.63) is 45.7 Å². The molecule has 1 aromatic carbocycles. The lowest BCUT2D eigenvalue weighted by molar-refractivity contribution is 0.509. The number of thiophene rings is 1. The maximum Gasteiger partial charge on any atom is 0.263 e. The minimum atomic E-state index is -3.88. The van der Waals surface area contributed by atoms with Crippen molar-refractivity contribution in [1.29, 1.82) is 0 Å². The molecular weight excluding hydrogens is 306 g/mol. The van der Waals surface area contributed by atoms with E-state index in [1.165, 1.54) is 11.3 Å². The van der Waals surface area contributed by atoms with Crippen molar-refractivity contribution in [2.75, 3.05) is 4.72 Å². The first kappa shape index (κ1) is 14.9. The van der Waals surface area contributed by atoms with Crippen LogP contribution in [0.3, 0.4) is 0 Å². The highest BCUT2D eigenvalue weighted by atomic mass is 32.2. The molecule has 108 valence electrons. The predicted molar refractivity (Wildman–Crippen MR) is 74.1 cm³/mol. The van der Waals surface area contributed by atoms with Gasteiger partial charge in [-0.25, -0.2) is 17.2 Å². The first-order valence-corrected chi connectivity index (χ1v) is 7.96. The maximum absolute atomic E-state index is 13.1. The van der Waals surface area contributed by atoms with Crippen LogP contribution < -0.4 is 10.5 Å². The molecule has 0 fully saturated rings. The lowest BCUT2D eigenvalue weighted by Gasteiger charge is -2.10. The third kappa shape index (κ3) is 2.82. The van der Waals surface area contributed by atoms with Gasteiger partial charge in [-0.05, 0) is 30.0 Å². The quantitative estimate of drug-likeness (QED) is 0.910. The molecule has 0 atom stereocenters. The molecule has 3 N–H and O–H groups in total. The third-order valence-electron chi connectivity index (χ3n) is 2.62. The second-order valence-electron chi connectivity index (χ2n) is 4.11. The van der Waals surface area contributed by atoms with Gasteiger partial charge in [0, 0.05) is 17.5 Å². The molecule has 0 unspecified atom stereocenters. The summed E-state index contributed by atoms with van der Waals surface area (Å²) in [6, 6.07) is 2.80. The topological polar surface area (TPSA) is 72.2 Å². The number of anilines is 1. The van der Waals surface area contributed by atoms with E-state index in [9.17, 15) is 17.2 Å². The van der Waals surface area contributed by atoms with E-state index in [0.717, 1.165) is 18.2 Å². The molecule has 0 aliphatic carbocycles. The Morgan fingerprint density at radius 1 is 1.30 bits per heavy atom. The minimum absolute atomic E-state index is 0.0440. The van der Waals surface area contributed by atoms with E-state index in [1.54, 1.807) is 12.3 Å². The largest absolute Gasteiger partial charge is 0.326 e. The normalized spacial score (nSPS) is 11.6. The fourth-order valence-electron chi connectivity index (χ4n) is 1.75. The summed E-state index contributed by atoms with van der Waals surface area (Å²) in [5.74, 6) is -2.16. The minimum Gasteiger partial charge on any atom is -0.326 e. The number of hydrogen-bond acceptors (Lipinski definition) is 4. The van der Waals surface area contributed by atoms with Crippen molar-refractivity contribution in [2.24, 2.45) is 5.73 Å². The molecule has 0 bridgehead atoms. The first-order chi connectivity index (χ1) is 9.35. The summed E-state index contributed by atoms with van der Waals surface area (Å²) in [5, 5.41) is 1.68. The highest BCUT2D eigenvalue weighted by molar-refractivity contribution is 7.93. The van der Waals surface area contributed by atoms with Crippen LogP contribution in [0.2, 0.25) is 0 Å². The van der Waals surface area contributed by atoms with E-state index in [2.05, 4.69) is 4.72 Å². The number of benzene rings is 1. The van der Waals surface area contributed by atoms with Crippen molar-refractivity contribution in [1.82, 2.24) is 0 Å². The average Bonchev–Trinajstić information content (AvgIpc) is 2.75. The van der Waals surface area contributed by atoms with Gasteiger partial charge in [0.1, 0.15) is 4.90 Å². The lowest BCUT2D eigenvalue weighted by atomic mass is 10.3. The summed E-state index contributed by atoms with van der Waals surface area (Å²) < 4.78 is 52.7. The Labute approximate surface area is 119 Å². The zero-order valence-corrected chi connectivity index (χ0v) is 12.1. The van der Waals surface area contributed by atoms with Crippen LogP contribution in [0.5, 0.6) is 0 Å². The Morgan fingerprint density at radius 3 is 2.60 bits per heavy atom. The fourth-order valence-corrected chi connectivity index (χ4v) is 4.51. The van der Waals surface area contributed by atoms with Gasteiger partial charge in [-0.3, -0.25) is 4.72 Å². The molecular formula is C12H12F2N2O2S2. The summed E-state index contributed by atoms with van der Waals surface area (Å²) in [7, 11) is -3.88. The van der Waals surface area contributed by atoms with Gasteiger partial charge < -0.3 is 5.73 Å². The predicted octanol–water partition coefficient (Wildman–Crippen LogP) is 2.59. The zero-order valence-electron chi connectivity index (χ0n) is 10.5. The monoisotopic (exact) mass is 318 g/mol. The van der Waals surface area contributed by atoms with Gasteiger partial charge in [-0.1, -0.05) is 0 Å². The van der Waals surface area contributed by atoms with Crippen molar-refractivity contribution < 1.29 is 17.2 Å².